The van der Waals surface area contributed by atoms with Gasteiger partial charge in [-0.05, 0) is 18.1 Å². The van der Waals surface area contributed by atoms with E-state index >= 15 is 0 Å². The second-order valence-corrected chi connectivity index (χ2v) is 4.89. The van der Waals surface area contributed by atoms with Crippen molar-refractivity contribution >= 4 is 11.9 Å². The summed E-state index contributed by atoms with van der Waals surface area (Å²) in [7, 11) is 2.57. The molecular weight excluding hydrogens is 260 g/mol. The number of hydrogen-bond acceptors (Lipinski definition) is 5. The highest BCUT2D eigenvalue weighted by atomic mass is 16.6. The summed E-state index contributed by atoms with van der Waals surface area (Å²) in [6.45, 7) is 1.77. The van der Waals surface area contributed by atoms with E-state index < -0.39 is 23.6 Å². The number of ether oxygens (including phenoxy) is 3. The van der Waals surface area contributed by atoms with Gasteiger partial charge in [0.15, 0.2) is 0 Å². The van der Waals surface area contributed by atoms with Gasteiger partial charge in [-0.2, -0.15) is 0 Å². The summed E-state index contributed by atoms with van der Waals surface area (Å²) in [6.07, 6.45) is -0.572. The topological polar surface area (TPSA) is 61.8 Å². The third-order valence-electron chi connectivity index (χ3n) is 3.91. The molecule has 2 bridgehead atoms. The van der Waals surface area contributed by atoms with Gasteiger partial charge in [-0.15, -0.1) is 0 Å². The molecule has 5 nitrogen and oxygen atoms in total. The van der Waals surface area contributed by atoms with Gasteiger partial charge in [0.1, 0.15) is 11.7 Å². The maximum Gasteiger partial charge on any atom is 0.337 e. The van der Waals surface area contributed by atoms with Gasteiger partial charge in [-0.1, -0.05) is 24.3 Å². The largest absolute Gasteiger partial charge is 0.466 e. The number of hydrogen-bond donors (Lipinski definition) is 0. The predicted molar refractivity (Wildman–Crippen MR) is 68.7 cm³/mol. The smallest absolute Gasteiger partial charge is 0.337 e. The van der Waals surface area contributed by atoms with E-state index in [1.165, 1.54) is 14.2 Å². The van der Waals surface area contributed by atoms with E-state index in [9.17, 15) is 9.59 Å². The number of carbonyl (C=O) groups is 2. The average Bonchev–Trinajstić information content (AvgIpc) is 2.95. The Morgan fingerprint density at radius 1 is 1.15 bits per heavy atom. The van der Waals surface area contributed by atoms with Gasteiger partial charge >= 0.3 is 11.9 Å². The van der Waals surface area contributed by atoms with Crippen LogP contribution in [-0.2, 0) is 29.4 Å². The molecule has 0 radical (unpaired) electrons. The predicted octanol–water partition coefficient (Wildman–Crippen LogP) is 1.63. The fraction of sp³-hybridized carbons (Fsp3) is 0.333. The molecule has 0 saturated carbocycles. The van der Waals surface area contributed by atoms with E-state index in [2.05, 4.69) is 0 Å². The molecule has 2 atom stereocenters. The molecule has 3 rings (SSSR count). The minimum atomic E-state index is -0.960. The van der Waals surface area contributed by atoms with Crippen LogP contribution in [-0.4, -0.2) is 26.2 Å². The van der Waals surface area contributed by atoms with Crippen LogP contribution in [0.25, 0.3) is 0 Å². The Hall–Kier alpha value is -2.14. The SMILES string of the molecule is COC(=O)C1=C(C(=O)OC)[C@]2(C)O[C@@H]1c1ccccc12. The molecule has 2 heterocycles. The van der Waals surface area contributed by atoms with E-state index in [1.807, 2.05) is 24.3 Å². The van der Waals surface area contributed by atoms with Crippen LogP contribution in [0.15, 0.2) is 35.4 Å². The number of esters is 2. The van der Waals surface area contributed by atoms with Gasteiger partial charge in [0, 0.05) is 0 Å². The van der Waals surface area contributed by atoms with Crippen molar-refractivity contribution in [1.29, 1.82) is 0 Å². The van der Waals surface area contributed by atoms with Crippen LogP contribution < -0.4 is 0 Å². The lowest BCUT2D eigenvalue weighted by atomic mass is 9.78. The molecule has 0 aliphatic carbocycles. The average molecular weight is 274 g/mol. The van der Waals surface area contributed by atoms with E-state index in [4.69, 9.17) is 14.2 Å². The van der Waals surface area contributed by atoms with Gasteiger partial charge in [-0.25, -0.2) is 9.59 Å². The Balaban J connectivity index is 2.25. The van der Waals surface area contributed by atoms with Crippen LogP contribution in [0.1, 0.15) is 24.2 Å². The van der Waals surface area contributed by atoms with E-state index in [-0.39, 0.29) is 11.1 Å². The van der Waals surface area contributed by atoms with Crippen molar-refractivity contribution in [1.82, 2.24) is 0 Å². The van der Waals surface area contributed by atoms with Crippen LogP contribution >= 0.6 is 0 Å². The van der Waals surface area contributed by atoms with Crippen molar-refractivity contribution in [2.75, 3.05) is 14.2 Å². The van der Waals surface area contributed by atoms with Crippen LogP contribution in [0, 0.1) is 0 Å². The minimum absolute atomic E-state index is 0.232. The summed E-state index contributed by atoms with van der Waals surface area (Å²) in [5, 5.41) is 0. The third kappa shape index (κ3) is 1.41. The maximum atomic E-state index is 12.1. The highest BCUT2D eigenvalue weighted by Crippen LogP contribution is 2.57. The molecule has 0 N–H and O–H groups in total. The lowest BCUT2D eigenvalue weighted by Crippen LogP contribution is -2.29. The first-order chi connectivity index (χ1) is 9.54. The number of benzene rings is 1. The van der Waals surface area contributed by atoms with Crippen molar-refractivity contribution in [3.8, 4) is 0 Å². The summed E-state index contributed by atoms with van der Waals surface area (Å²) in [6, 6.07) is 7.54. The summed E-state index contributed by atoms with van der Waals surface area (Å²) in [4.78, 5) is 24.1. The standard InChI is InChI=1S/C15H14O5/c1-15-9-7-5-4-6-8(9)12(20-15)10(13(16)18-2)11(15)14(17)19-3/h4-7,12H,1-3H3/t12-,15-/m1/s1. The molecule has 2 aliphatic rings. The highest BCUT2D eigenvalue weighted by Gasteiger charge is 2.57. The second kappa shape index (κ2) is 4.18. The zero-order chi connectivity index (χ0) is 14.5. The number of methoxy groups -OCH3 is 2. The summed E-state index contributed by atoms with van der Waals surface area (Å²) >= 11 is 0. The van der Waals surface area contributed by atoms with Crippen LogP contribution in [0.3, 0.4) is 0 Å². The van der Waals surface area contributed by atoms with Crippen LogP contribution in [0.4, 0.5) is 0 Å². The van der Waals surface area contributed by atoms with Gasteiger partial charge in [0.05, 0.1) is 25.4 Å². The Morgan fingerprint density at radius 2 is 1.80 bits per heavy atom. The Bertz CT molecular complexity index is 645. The van der Waals surface area contributed by atoms with Crippen LogP contribution in [0.2, 0.25) is 0 Å². The van der Waals surface area contributed by atoms with E-state index in [1.54, 1.807) is 6.92 Å². The molecule has 1 aromatic carbocycles. The Morgan fingerprint density at radius 3 is 2.45 bits per heavy atom. The Kier molecular flexibility index (Phi) is 2.69. The molecule has 0 unspecified atom stereocenters. The number of fused-ring (bicyclic) bond motifs is 5. The Labute approximate surface area is 116 Å². The van der Waals surface area contributed by atoms with E-state index in [0.29, 0.717) is 0 Å². The molecule has 1 aromatic rings. The number of carbonyl (C=O) groups excluding carboxylic acids is 2. The normalized spacial score (nSPS) is 26.4. The van der Waals surface area contributed by atoms with Crippen molar-refractivity contribution in [2.45, 2.75) is 18.6 Å². The first-order valence-corrected chi connectivity index (χ1v) is 6.23. The third-order valence-corrected chi connectivity index (χ3v) is 3.91. The first-order valence-electron chi connectivity index (χ1n) is 6.23. The molecule has 0 aromatic heterocycles. The molecule has 104 valence electrons. The summed E-state index contributed by atoms with van der Waals surface area (Å²) in [5.74, 6) is -1.13. The monoisotopic (exact) mass is 274 g/mol. The fourth-order valence-corrected chi connectivity index (χ4v) is 3.04. The minimum Gasteiger partial charge on any atom is -0.466 e. The molecule has 0 fully saturated rings. The van der Waals surface area contributed by atoms with Crippen molar-refractivity contribution in [3.63, 3.8) is 0 Å². The van der Waals surface area contributed by atoms with Crippen LogP contribution in [0.5, 0.6) is 0 Å². The molecule has 2 aliphatic heterocycles. The number of rotatable bonds is 2. The van der Waals surface area contributed by atoms with Crippen molar-refractivity contribution in [2.24, 2.45) is 0 Å². The molecule has 0 spiro atoms. The first kappa shape index (κ1) is 12.9. The molecule has 20 heavy (non-hydrogen) atoms. The van der Waals surface area contributed by atoms with Gasteiger partial charge in [0.2, 0.25) is 0 Å². The molecule has 0 amide bonds. The van der Waals surface area contributed by atoms with Gasteiger partial charge in [0.25, 0.3) is 0 Å². The molecule has 0 saturated heterocycles. The van der Waals surface area contributed by atoms with Gasteiger partial charge in [-0.3, -0.25) is 0 Å². The second-order valence-electron chi connectivity index (χ2n) is 4.89. The quantitative estimate of drug-likeness (QED) is 0.767. The molecule has 5 heteroatoms. The lowest BCUT2D eigenvalue weighted by molar-refractivity contribution is -0.139. The highest BCUT2D eigenvalue weighted by molar-refractivity contribution is 6.04. The molecular formula is C15H14O5. The van der Waals surface area contributed by atoms with Crippen molar-refractivity contribution < 1.29 is 23.8 Å². The maximum absolute atomic E-state index is 12.1. The summed E-state index contributed by atoms with van der Waals surface area (Å²) < 4.78 is 15.5. The summed E-state index contributed by atoms with van der Waals surface area (Å²) in [5.41, 5.74) is 1.29. The van der Waals surface area contributed by atoms with E-state index in [0.717, 1.165) is 11.1 Å². The lowest BCUT2D eigenvalue weighted by Gasteiger charge is -2.24. The van der Waals surface area contributed by atoms with Crippen molar-refractivity contribution in [3.05, 3.63) is 46.5 Å². The zero-order valence-electron chi connectivity index (χ0n) is 11.4. The van der Waals surface area contributed by atoms with Gasteiger partial charge < -0.3 is 14.2 Å². The zero-order valence-corrected chi connectivity index (χ0v) is 11.4. The fourth-order valence-electron chi connectivity index (χ4n) is 3.04.